The zero-order chi connectivity index (χ0) is 15.8. The number of quaternary nitrogens is 1. The predicted molar refractivity (Wildman–Crippen MR) is 73.8 cm³/mol. The minimum Gasteiger partial charge on any atom is -0.544 e. The molecule has 0 aliphatic carbocycles. The van der Waals surface area contributed by atoms with Crippen molar-refractivity contribution in [2.24, 2.45) is 0 Å². The van der Waals surface area contributed by atoms with E-state index in [1.54, 1.807) is 24.3 Å². The number of carbonyl (C=O) groups excluding carboxylic acids is 2. The Bertz CT molecular complexity index is 469. The number of aliphatic hydroxyl groups excluding tert-OH is 1. The number of hydrogen-bond acceptors (Lipinski definition) is 5. The van der Waals surface area contributed by atoms with Gasteiger partial charge in [0.15, 0.2) is 11.8 Å². The minimum atomic E-state index is -1.33. The van der Waals surface area contributed by atoms with Gasteiger partial charge in [-0.2, -0.15) is 0 Å². The van der Waals surface area contributed by atoms with Gasteiger partial charge in [-0.05, 0) is 38.1 Å². The van der Waals surface area contributed by atoms with Crippen molar-refractivity contribution >= 4 is 11.8 Å². The molecule has 1 aromatic rings. The quantitative estimate of drug-likeness (QED) is 0.552. The number of carboxylic acids is 1. The average Bonchev–Trinajstić information content (AvgIpc) is 2.43. The standard InChI is InChI=1S/C15H21NO5/c1-3-21-12-6-4-11(5-7-12)13(18)8-9-16-14(10(2)17)15(19)20/h4-7,10,14,16-17H,3,8-9H2,1-2H3,(H,19,20). The van der Waals surface area contributed by atoms with Crippen LogP contribution in [0, 0.1) is 0 Å². The van der Waals surface area contributed by atoms with Crippen molar-refractivity contribution in [3.05, 3.63) is 29.8 Å². The second kappa shape index (κ2) is 8.39. The number of ketones is 1. The zero-order valence-electron chi connectivity index (χ0n) is 12.2. The molecule has 0 aliphatic rings. The molecule has 2 unspecified atom stereocenters. The van der Waals surface area contributed by atoms with Crippen molar-refractivity contribution in [1.29, 1.82) is 0 Å². The summed E-state index contributed by atoms with van der Waals surface area (Å²) in [4.78, 5) is 22.7. The Morgan fingerprint density at radius 1 is 1.33 bits per heavy atom. The molecule has 0 bridgehead atoms. The molecule has 0 fully saturated rings. The molecule has 1 aromatic carbocycles. The van der Waals surface area contributed by atoms with Crippen molar-refractivity contribution in [3.8, 4) is 5.75 Å². The van der Waals surface area contributed by atoms with E-state index in [2.05, 4.69) is 0 Å². The highest BCUT2D eigenvalue weighted by molar-refractivity contribution is 5.96. The fourth-order valence-electron chi connectivity index (χ4n) is 1.93. The highest BCUT2D eigenvalue weighted by atomic mass is 16.5. The lowest BCUT2D eigenvalue weighted by Crippen LogP contribution is -2.95. The van der Waals surface area contributed by atoms with E-state index in [0.717, 1.165) is 0 Å². The molecule has 6 nitrogen and oxygen atoms in total. The van der Waals surface area contributed by atoms with Crippen LogP contribution in [0.3, 0.4) is 0 Å². The first-order valence-corrected chi connectivity index (χ1v) is 6.94. The van der Waals surface area contributed by atoms with Gasteiger partial charge in [-0.1, -0.05) is 0 Å². The second-order valence-electron chi connectivity index (χ2n) is 4.74. The molecule has 1 rings (SSSR count). The number of ether oxygens (including phenoxy) is 1. The number of benzene rings is 1. The second-order valence-corrected chi connectivity index (χ2v) is 4.74. The smallest absolute Gasteiger partial charge is 0.168 e. The average molecular weight is 295 g/mol. The van der Waals surface area contributed by atoms with Crippen molar-refractivity contribution in [2.75, 3.05) is 13.2 Å². The number of Topliss-reactive ketones (excluding diaryl/α,β-unsaturated/α-hetero) is 1. The van der Waals surface area contributed by atoms with Crippen LogP contribution in [0.2, 0.25) is 0 Å². The first-order chi connectivity index (χ1) is 9.95. The molecular weight excluding hydrogens is 274 g/mol. The van der Waals surface area contributed by atoms with Crippen LogP contribution >= 0.6 is 0 Å². The molecule has 0 saturated carbocycles. The van der Waals surface area contributed by atoms with Crippen molar-refractivity contribution < 1.29 is 29.9 Å². The molecule has 0 aromatic heterocycles. The van der Waals surface area contributed by atoms with Gasteiger partial charge in [0.25, 0.3) is 0 Å². The van der Waals surface area contributed by atoms with E-state index in [1.807, 2.05) is 6.92 Å². The van der Waals surface area contributed by atoms with E-state index in [0.29, 0.717) is 17.9 Å². The van der Waals surface area contributed by atoms with E-state index in [1.165, 1.54) is 12.2 Å². The summed E-state index contributed by atoms with van der Waals surface area (Å²) in [6.45, 7) is 4.10. The summed E-state index contributed by atoms with van der Waals surface area (Å²) in [5, 5.41) is 21.5. The van der Waals surface area contributed by atoms with Crippen LogP contribution in [0.1, 0.15) is 30.6 Å². The Morgan fingerprint density at radius 2 is 1.95 bits per heavy atom. The molecular formula is C15H21NO5. The molecule has 3 N–H and O–H groups in total. The third-order valence-electron chi connectivity index (χ3n) is 3.07. The maximum Gasteiger partial charge on any atom is 0.168 e. The van der Waals surface area contributed by atoms with E-state index >= 15 is 0 Å². The molecule has 0 heterocycles. The Morgan fingerprint density at radius 3 is 2.43 bits per heavy atom. The molecule has 0 saturated heterocycles. The molecule has 21 heavy (non-hydrogen) atoms. The first-order valence-electron chi connectivity index (χ1n) is 6.94. The maximum atomic E-state index is 11.9. The van der Waals surface area contributed by atoms with E-state index in [4.69, 9.17) is 4.74 Å². The topological polar surface area (TPSA) is 103 Å². The van der Waals surface area contributed by atoms with Crippen LogP contribution in [0.4, 0.5) is 0 Å². The SMILES string of the molecule is CCOc1ccc(C(=O)CC[NH2+]C(C(=O)[O-])C(C)O)cc1. The highest BCUT2D eigenvalue weighted by Gasteiger charge is 2.19. The number of carbonyl (C=O) groups is 2. The monoisotopic (exact) mass is 295 g/mol. The number of hydrogen-bond donors (Lipinski definition) is 2. The van der Waals surface area contributed by atoms with Crippen molar-refractivity contribution in [1.82, 2.24) is 0 Å². The zero-order valence-corrected chi connectivity index (χ0v) is 12.2. The summed E-state index contributed by atoms with van der Waals surface area (Å²) >= 11 is 0. The summed E-state index contributed by atoms with van der Waals surface area (Å²) in [7, 11) is 0. The molecule has 2 atom stereocenters. The number of carboxylic acid groups (broad SMARTS) is 1. The van der Waals surface area contributed by atoms with Crippen LogP contribution in [-0.2, 0) is 4.79 Å². The van der Waals surface area contributed by atoms with Crippen LogP contribution in [0.15, 0.2) is 24.3 Å². The molecule has 0 aliphatic heterocycles. The molecule has 6 heteroatoms. The predicted octanol–water partition coefficient (Wildman–Crippen LogP) is -1.28. The van der Waals surface area contributed by atoms with Crippen LogP contribution in [-0.4, -0.2) is 42.2 Å². The molecule has 0 radical (unpaired) electrons. The number of aliphatic hydroxyl groups is 1. The van der Waals surface area contributed by atoms with Gasteiger partial charge in [0.1, 0.15) is 17.8 Å². The maximum absolute atomic E-state index is 11.9. The Labute approximate surface area is 123 Å². The lowest BCUT2D eigenvalue weighted by Gasteiger charge is -2.18. The van der Waals surface area contributed by atoms with Gasteiger partial charge in [0.05, 0.1) is 19.6 Å². The number of aliphatic carboxylic acids is 1. The minimum absolute atomic E-state index is 0.0861. The van der Waals surface area contributed by atoms with Crippen LogP contribution < -0.4 is 15.2 Å². The summed E-state index contributed by atoms with van der Waals surface area (Å²) in [6.07, 6.45) is -0.847. The van der Waals surface area contributed by atoms with Gasteiger partial charge in [0, 0.05) is 5.56 Å². The van der Waals surface area contributed by atoms with Gasteiger partial charge in [0.2, 0.25) is 0 Å². The third-order valence-corrected chi connectivity index (χ3v) is 3.07. The van der Waals surface area contributed by atoms with Crippen molar-refractivity contribution in [3.63, 3.8) is 0 Å². The Kier molecular flexibility index (Phi) is 6.84. The van der Waals surface area contributed by atoms with Crippen molar-refractivity contribution in [2.45, 2.75) is 32.4 Å². The van der Waals surface area contributed by atoms with Gasteiger partial charge >= 0.3 is 0 Å². The summed E-state index contributed by atoms with van der Waals surface area (Å²) < 4.78 is 5.29. The Hall–Kier alpha value is -1.92. The van der Waals surface area contributed by atoms with E-state index in [-0.39, 0.29) is 18.7 Å². The largest absolute Gasteiger partial charge is 0.544 e. The van der Waals surface area contributed by atoms with Gasteiger partial charge in [-0.25, -0.2) is 0 Å². The number of rotatable bonds is 9. The Balaban J connectivity index is 2.48. The normalized spacial score (nSPS) is 13.5. The summed E-state index contributed by atoms with van der Waals surface area (Å²) in [6, 6.07) is 5.75. The van der Waals surface area contributed by atoms with Crippen LogP contribution in [0.25, 0.3) is 0 Å². The third kappa shape index (κ3) is 5.53. The van der Waals surface area contributed by atoms with E-state index in [9.17, 15) is 19.8 Å². The first kappa shape index (κ1) is 17.1. The lowest BCUT2D eigenvalue weighted by molar-refractivity contribution is -0.688. The lowest BCUT2D eigenvalue weighted by atomic mass is 10.1. The van der Waals surface area contributed by atoms with Gasteiger partial charge in [-0.15, -0.1) is 0 Å². The summed E-state index contributed by atoms with van der Waals surface area (Å²) in [5.41, 5.74) is 0.550. The van der Waals surface area contributed by atoms with Crippen LogP contribution in [0.5, 0.6) is 5.75 Å². The van der Waals surface area contributed by atoms with Gasteiger partial charge in [-0.3, -0.25) is 4.79 Å². The summed E-state index contributed by atoms with van der Waals surface area (Å²) in [5.74, 6) is -0.720. The molecule has 0 amide bonds. The number of nitrogens with two attached hydrogens (primary N) is 1. The molecule has 116 valence electrons. The highest BCUT2D eigenvalue weighted by Crippen LogP contribution is 2.13. The van der Waals surface area contributed by atoms with Gasteiger partial charge < -0.3 is 25.1 Å². The van der Waals surface area contributed by atoms with E-state index < -0.39 is 18.1 Å². The fourth-order valence-corrected chi connectivity index (χ4v) is 1.93. The fraction of sp³-hybridized carbons (Fsp3) is 0.467. The molecule has 0 spiro atoms.